The maximum absolute atomic E-state index is 13.8. The van der Waals surface area contributed by atoms with E-state index in [0.717, 1.165) is 56.5 Å². The molecule has 0 bridgehead atoms. The lowest BCUT2D eigenvalue weighted by Crippen LogP contribution is -2.32. The van der Waals surface area contributed by atoms with Gasteiger partial charge in [0.1, 0.15) is 5.75 Å². The maximum atomic E-state index is 13.8. The van der Waals surface area contributed by atoms with E-state index in [4.69, 9.17) is 14.7 Å². The molecule has 13 heteroatoms. The number of thiazole rings is 2. The highest BCUT2D eigenvalue weighted by molar-refractivity contribution is 7.89. The van der Waals surface area contributed by atoms with Crippen LogP contribution < -0.4 is 4.74 Å². The highest BCUT2D eigenvalue weighted by Gasteiger charge is 2.25. The molecular formula is C43H48N4O5S4. The molecule has 6 aromatic rings. The molecule has 2 aromatic heterocycles. The molecule has 6 rings (SSSR count). The van der Waals surface area contributed by atoms with Crippen molar-refractivity contribution in [1.29, 1.82) is 0 Å². The van der Waals surface area contributed by atoms with Crippen molar-refractivity contribution in [3.8, 4) is 28.3 Å². The van der Waals surface area contributed by atoms with Crippen molar-refractivity contribution in [3.05, 3.63) is 134 Å². The number of methoxy groups -OCH3 is 1. The first-order valence-electron chi connectivity index (χ1n) is 18.8. The number of rotatable bonds is 18. The summed E-state index contributed by atoms with van der Waals surface area (Å²) in [6.07, 6.45) is 2.76. The summed E-state index contributed by atoms with van der Waals surface area (Å²) < 4.78 is 62.4. The zero-order chi connectivity index (χ0) is 39.9. The van der Waals surface area contributed by atoms with Gasteiger partial charge in [0.2, 0.25) is 20.0 Å². The Balaban J connectivity index is 1.10. The molecule has 0 radical (unpaired) electrons. The third kappa shape index (κ3) is 9.30. The third-order valence-corrected chi connectivity index (χ3v) is 15.6. The van der Waals surface area contributed by atoms with Crippen molar-refractivity contribution in [2.45, 2.75) is 63.2 Å². The minimum Gasteiger partial charge on any atom is -0.496 e. The highest BCUT2D eigenvalue weighted by atomic mass is 32.2. The Hall–Kier alpha value is -4.24. The van der Waals surface area contributed by atoms with Crippen LogP contribution in [0.3, 0.4) is 0 Å². The first kappa shape index (κ1) is 41.4. The molecule has 0 saturated carbocycles. The van der Waals surface area contributed by atoms with Gasteiger partial charge in [-0.05, 0) is 53.8 Å². The van der Waals surface area contributed by atoms with Gasteiger partial charge in [0.25, 0.3) is 0 Å². The Kier molecular flexibility index (Phi) is 13.6. The molecule has 0 atom stereocenters. The van der Waals surface area contributed by atoms with Gasteiger partial charge in [-0.3, -0.25) is 0 Å². The number of hydrogen-bond acceptors (Lipinski definition) is 9. The lowest BCUT2D eigenvalue weighted by atomic mass is 10.0. The smallest absolute Gasteiger partial charge is 0.243 e. The van der Waals surface area contributed by atoms with Crippen LogP contribution in [0.4, 0.5) is 0 Å². The van der Waals surface area contributed by atoms with Gasteiger partial charge in [0, 0.05) is 66.5 Å². The van der Waals surface area contributed by atoms with Crippen molar-refractivity contribution in [1.82, 2.24) is 18.6 Å². The molecule has 0 aliphatic rings. The summed E-state index contributed by atoms with van der Waals surface area (Å²) >= 11 is 3.14. The topological polar surface area (TPSA) is 110 Å². The van der Waals surface area contributed by atoms with E-state index < -0.39 is 20.0 Å². The van der Waals surface area contributed by atoms with Gasteiger partial charge in [0.05, 0.1) is 38.3 Å². The number of ether oxygens (including phenoxy) is 1. The summed E-state index contributed by atoms with van der Waals surface area (Å²) in [5, 5.41) is 5.90. The SMILES string of the molecule is CCc1cccc(Cc2nc(-c3ccc(S(=O)(=O)N(CC)CCc4cccc(Cc5nc(-c6ccc(S(=O)(=O)N(CC)CC)cc6)cs5)c4OC)cc3)cs2)c1. The van der Waals surface area contributed by atoms with Crippen molar-refractivity contribution in [2.75, 3.05) is 33.3 Å². The van der Waals surface area contributed by atoms with E-state index in [1.807, 2.05) is 61.9 Å². The predicted octanol–water partition coefficient (Wildman–Crippen LogP) is 8.97. The lowest BCUT2D eigenvalue weighted by molar-refractivity contribution is 0.397. The summed E-state index contributed by atoms with van der Waals surface area (Å²) in [6.45, 7) is 9.10. The first-order valence-corrected chi connectivity index (χ1v) is 23.5. The van der Waals surface area contributed by atoms with Gasteiger partial charge < -0.3 is 4.74 Å². The number of sulfonamides is 2. The molecule has 0 aliphatic heterocycles. The average Bonchev–Trinajstić information content (AvgIpc) is 3.89. The van der Waals surface area contributed by atoms with Crippen LogP contribution in [-0.2, 0) is 45.7 Å². The van der Waals surface area contributed by atoms with E-state index in [-0.39, 0.29) is 16.3 Å². The van der Waals surface area contributed by atoms with Gasteiger partial charge in [-0.2, -0.15) is 8.61 Å². The number of aromatic nitrogens is 2. The predicted molar refractivity (Wildman–Crippen MR) is 228 cm³/mol. The molecular weight excluding hydrogens is 781 g/mol. The summed E-state index contributed by atoms with van der Waals surface area (Å²) in [6, 6.07) is 28.4. The number of para-hydroxylation sites is 1. The Morgan fingerprint density at radius 3 is 1.64 bits per heavy atom. The van der Waals surface area contributed by atoms with E-state index in [1.165, 1.54) is 31.1 Å². The molecule has 2 heterocycles. The first-order chi connectivity index (χ1) is 27.0. The summed E-state index contributed by atoms with van der Waals surface area (Å²) in [7, 11) is -5.66. The minimum atomic E-state index is -3.75. The number of nitrogens with zero attached hydrogens (tertiary/aromatic N) is 4. The molecule has 294 valence electrons. The number of likely N-dealkylation sites (N-methyl/N-ethyl adjacent to an activating group) is 1. The zero-order valence-corrected chi connectivity index (χ0v) is 35.7. The largest absolute Gasteiger partial charge is 0.496 e. The van der Waals surface area contributed by atoms with Gasteiger partial charge in [-0.1, -0.05) is 94.4 Å². The molecule has 56 heavy (non-hydrogen) atoms. The summed E-state index contributed by atoms with van der Waals surface area (Å²) in [5.74, 6) is 0.716. The van der Waals surface area contributed by atoms with Crippen LogP contribution >= 0.6 is 22.7 Å². The van der Waals surface area contributed by atoms with Gasteiger partial charge in [-0.25, -0.2) is 26.8 Å². The Bertz CT molecular complexity index is 2460. The minimum absolute atomic E-state index is 0.246. The molecule has 0 amide bonds. The quantitative estimate of drug-likeness (QED) is 0.0851. The van der Waals surface area contributed by atoms with Crippen molar-refractivity contribution >= 4 is 42.7 Å². The van der Waals surface area contributed by atoms with Gasteiger partial charge >= 0.3 is 0 Å². The van der Waals surface area contributed by atoms with E-state index >= 15 is 0 Å². The molecule has 9 nitrogen and oxygen atoms in total. The third-order valence-electron chi connectivity index (χ3n) is 9.85. The number of aryl methyl sites for hydroxylation is 1. The number of hydrogen-bond donors (Lipinski definition) is 0. The Labute approximate surface area is 339 Å². The fourth-order valence-corrected chi connectivity index (χ4v) is 11.3. The van der Waals surface area contributed by atoms with Crippen molar-refractivity contribution in [3.63, 3.8) is 0 Å². The van der Waals surface area contributed by atoms with Crippen LogP contribution in [0.2, 0.25) is 0 Å². The van der Waals surface area contributed by atoms with Gasteiger partial charge in [-0.15, -0.1) is 22.7 Å². The summed E-state index contributed by atoms with van der Waals surface area (Å²) in [5.41, 5.74) is 7.73. The zero-order valence-electron chi connectivity index (χ0n) is 32.4. The average molecular weight is 829 g/mol. The van der Waals surface area contributed by atoms with Crippen LogP contribution in [0, 0.1) is 0 Å². The normalized spacial score (nSPS) is 12.1. The molecule has 0 aliphatic carbocycles. The second kappa shape index (κ2) is 18.4. The van der Waals surface area contributed by atoms with Crippen molar-refractivity contribution < 1.29 is 21.6 Å². The highest BCUT2D eigenvalue weighted by Crippen LogP contribution is 2.31. The molecule has 0 N–H and O–H groups in total. The molecule has 0 spiro atoms. The number of benzene rings is 4. The van der Waals surface area contributed by atoms with Crippen LogP contribution in [0.1, 0.15) is 60.0 Å². The van der Waals surface area contributed by atoms with Crippen LogP contribution in [-0.4, -0.2) is 68.7 Å². The molecule has 0 unspecified atom stereocenters. The fourth-order valence-electron chi connectivity index (χ4n) is 6.73. The van der Waals surface area contributed by atoms with Crippen molar-refractivity contribution in [2.24, 2.45) is 0 Å². The molecule has 0 fully saturated rings. The maximum Gasteiger partial charge on any atom is 0.243 e. The van der Waals surface area contributed by atoms with E-state index in [2.05, 4.69) is 31.2 Å². The van der Waals surface area contributed by atoms with Crippen LogP contribution in [0.5, 0.6) is 5.75 Å². The Morgan fingerprint density at radius 2 is 1.11 bits per heavy atom. The van der Waals surface area contributed by atoms with Crippen LogP contribution in [0.25, 0.3) is 22.5 Å². The second-order valence-corrected chi connectivity index (χ2v) is 19.0. The van der Waals surface area contributed by atoms with Gasteiger partial charge in [0.15, 0.2) is 0 Å². The van der Waals surface area contributed by atoms with Crippen LogP contribution in [0.15, 0.2) is 112 Å². The van der Waals surface area contributed by atoms with E-state index in [0.29, 0.717) is 38.2 Å². The molecule has 0 saturated heterocycles. The van der Waals surface area contributed by atoms with E-state index in [1.54, 1.807) is 54.8 Å². The standard InChI is InChI=1S/C43H48N4O5S4/c1-6-31-12-10-13-32(26-31)27-41-44-39(29-53-41)33-18-22-38(23-19-33)56(50,51)47(9-4)25-24-35-14-11-15-36(43(35)52-5)28-42-45-40(30-54-42)34-16-20-37(21-17-34)55(48,49)46(7-2)8-3/h10-23,26,29-30H,6-9,24-25,27-28H2,1-5H3. The summed E-state index contributed by atoms with van der Waals surface area (Å²) in [4.78, 5) is 10.2. The Morgan fingerprint density at radius 1 is 0.607 bits per heavy atom. The molecule has 4 aromatic carbocycles. The second-order valence-electron chi connectivity index (χ2n) is 13.3. The lowest BCUT2D eigenvalue weighted by Gasteiger charge is -2.22. The monoisotopic (exact) mass is 828 g/mol. The van der Waals surface area contributed by atoms with E-state index in [9.17, 15) is 16.8 Å². The fraction of sp³-hybridized carbons (Fsp3) is 0.302.